The molecule has 2 aliphatic heterocycles. The number of carbonyl (C=O) groups excluding carboxylic acids is 4. The van der Waals surface area contributed by atoms with E-state index < -0.39 is 48.0 Å². The number of carbonyl (C=O) groups is 4. The van der Waals surface area contributed by atoms with E-state index in [4.69, 9.17) is 30.5 Å². The van der Waals surface area contributed by atoms with Gasteiger partial charge in [0, 0.05) is 24.8 Å². The molecule has 52 heavy (non-hydrogen) atoms. The van der Waals surface area contributed by atoms with Gasteiger partial charge >= 0.3 is 11.9 Å². The van der Waals surface area contributed by atoms with Crippen molar-refractivity contribution in [3.05, 3.63) is 113 Å². The molecule has 1 saturated heterocycles. The Morgan fingerprint density at radius 2 is 1.58 bits per heavy atom. The standard InChI is InChI=1S/C41H47ClN2O8/c1-25(2)20-35-41(48)51-33(26(3)38-39(52-38)29-14-9-6-10-15-29)16-11-17-36(45)44-32(23-28-18-19-34(49-4)31(42)22-28)40(47)43-30(24-37(46)50-35)21-27-12-7-5-8-13-27/h5-15,17-19,22,25-26,30,32-33,35,38-39H,16,20-21,23-24H2,1-4H3,(H,43,47)(H,44,45)/t26-,30+,32+,33-,35-,38?,39+/m0/s1. The van der Waals surface area contributed by atoms with Gasteiger partial charge in [0.15, 0.2) is 6.10 Å². The summed E-state index contributed by atoms with van der Waals surface area (Å²) in [7, 11) is 1.51. The van der Waals surface area contributed by atoms with Crippen LogP contribution in [0.1, 0.15) is 62.8 Å². The van der Waals surface area contributed by atoms with Gasteiger partial charge in [-0.05, 0) is 53.7 Å². The quantitative estimate of drug-likeness (QED) is 0.189. The first-order chi connectivity index (χ1) is 25.0. The van der Waals surface area contributed by atoms with Crippen LogP contribution in [0, 0.1) is 11.8 Å². The lowest BCUT2D eigenvalue weighted by atomic mass is 9.93. The molecule has 1 unspecified atom stereocenters. The van der Waals surface area contributed by atoms with Crippen molar-refractivity contribution < 1.29 is 38.1 Å². The molecule has 2 amide bonds. The van der Waals surface area contributed by atoms with Crippen molar-refractivity contribution in [3.8, 4) is 5.75 Å². The molecule has 11 heteroatoms. The van der Waals surface area contributed by atoms with Crippen LogP contribution in [0.2, 0.25) is 5.02 Å². The van der Waals surface area contributed by atoms with Crippen molar-refractivity contribution in [1.82, 2.24) is 10.6 Å². The summed E-state index contributed by atoms with van der Waals surface area (Å²) >= 11 is 6.39. The third kappa shape index (κ3) is 10.9. The molecular formula is C41H47ClN2O8. The Hall–Kier alpha value is -4.67. The van der Waals surface area contributed by atoms with Crippen LogP contribution in [0.5, 0.6) is 5.75 Å². The van der Waals surface area contributed by atoms with Crippen molar-refractivity contribution in [2.75, 3.05) is 7.11 Å². The highest BCUT2D eigenvalue weighted by atomic mass is 35.5. The van der Waals surface area contributed by atoms with E-state index in [0.717, 1.165) is 11.1 Å². The Balaban J connectivity index is 1.44. The summed E-state index contributed by atoms with van der Waals surface area (Å²) in [5.41, 5.74) is 2.60. The van der Waals surface area contributed by atoms with E-state index in [1.807, 2.05) is 81.4 Å². The Kier molecular flexibility index (Phi) is 13.5. The maximum Gasteiger partial charge on any atom is 0.347 e. The number of benzene rings is 3. The topological polar surface area (TPSA) is 133 Å². The van der Waals surface area contributed by atoms with Crippen LogP contribution < -0.4 is 15.4 Å². The van der Waals surface area contributed by atoms with E-state index in [9.17, 15) is 19.2 Å². The van der Waals surface area contributed by atoms with Crippen LogP contribution >= 0.6 is 11.6 Å². The minimum absolute atomic E-state index is 0.0108. The van der Waals surface area contributed by atoms with Gasteiger partial charge in [0.05, 0.1) is 24.7 Å². The fourth-order valence-corrected chi connectivity index (χ4v) is 6.74. The van der Waals surface area contributed by atoms with Crippen molar-refractivity contribution in [1.29, 1.82) is 0 Å². The first-order valence-electron chi connectivity index (χ1n) is 17.7. The minimum Gasteiger partial charge on any atom is -0.495 e. The number of methoxy groups -OCH3 is 1. The number of esters is 2. The molecular weight excluding hydrogens is 684 g/mol. The molecule has 3 aromatic rings. The first kappa shape index (κ1) is 38.6. The van der Waals surface area contributed by atoms with Gasteiger partial charge in [0.25, 0.3) is 0 Å². The molecule has 0 saturated carbocycles. The normalized spacial score (nSPS) is 25.0. The van der Waals surface area contributed by atoms with E-state index in [1.165, 1.54) is 13.2 Å². The Morgan fingerprint density at radius 3 is 2.25 bits per heavy atom. The Labute approximate surface area is 310 Å². The molecule has 3 aromatic carbocycles. The SMILES string of the molecule is COc1ccc(C[C@H]2NC(=O)C=CC[C@@H]([C@H](C)C3O[C@@H]3c3ccccc3)OC(=O)[C@H](CC(C)C)OC(=O)C[C@@H](Cc3ccccc3)NC2=O)cc1Cl. The zero-order valence-corrected chi connectivity index (χ0v) is 30.7. The summed E-state index contributed by atoms with van der Waals surface area (Å²) in [6.45, 7) is 5.80. The van der Waals surface area contributed by atoms with Gasteiger partial charge in [-0.3, -0.25) is 14.4 Å². The average Bonchev–Trinajstić information content (AvgIpc) is 3.92. The summed E-state index contributed by atoms with van der Waals surface area (Å²) in [5, 5.41) is 6.16. The van der Waals surface area contributed by atoms with Gasteiger partial charge < -0.3 is 29.6 Å². The predicted octanol–water partition coefficient (Wildman–Crippen LogP) is 6.10. The van der Waals surface area contributed by atoms with Gasteiger partial charge in [0.1, 0.15) is 24.0 Å². The van der Waals surface area contributed by atoms with Crippen molar-refractivity contribution in [2.45, 2.75) is 89.4 Å². The molecule has 2 heterocycles. The number of amides is 2. The molecule has 2 aliphatic rings. The number of halogens is 1. The van der Waals surface area contributed by atoms with E-state index in [0.29, 0.717) is 22.8 Å². The van der Waals surface area contributed by atoms with E-state index >= 15 is 0 Å². The number of hydrogen-bond acceptors (Lipinski definition) is 8. The van der Waals surface area contributed by atoms with Crippen LogP contribution in [0.3, 0.4) is 0 Å². The van der Waals surface area contributed by atoms with Crippen LogP contribution in [-0.4, -0.2) is 61.3 Å². The summed E-state index contributed by atoms with van der Waals surface area (Å²) in [5.74, 6) is -2.09. The zero-order valence-electron chi connectivity index (χ0n) is 30.0. The van der Waals surface area contributed by atoms with Gasteiger partial charge in [-0.1, -0.05) is 105 Å². The van der Waals surface area contributed by atoms with Gasteiger partial charge in [0.2, 0.25) is 11.8 Å². The molecule has 2 N–H and O–H groups in total. The third-order valence-electron chi connectivity index (χ3n) is 9.26. The number of ether oxygens (including phenoxy) is 4. The summed E-state index contributed by atoms with van der Waals surface area (Å²) in [6.07, 6.45) is 1.38. The number of cyclic esters (lactones) is 2. The van der Waals surface area contributed by atoms with Crippen molar-refractivity contribution in [3.63, 3.8) is 0 Å². The number of epoxide rings is 1. The monoisotopic (exact) mass is 730 g/mol. The first-order valence-corrected chi connectivity index (χ1v) is 18.1. The highest BCUT2D eigenvalue weighted by Crippen LogP contribution is 2.45. The molecule has 0 bridgehead atoms. The zero-order chi connectivity index (χ0) is 37.2. The molecule has 0 radical (unpaired) electrons. The lowest BCUT2D eigenvalue weighted by Gasteiger charge is -2.27. The van der Waals surface area contributed by atoms with Crippen LogP contribution in [0.25, 0.3) is 0 Å². The van der Waals surface area contributed by atoms with Crippen molar-refractivity contribution >= 4 is 35.4 Å². The molecule has 1 fully saturated rings. The average molecular weight is 731 g/mol. The number of nitrogens with one attached hydrogen (secondary N) is 2. The van der Waals surface area contributed by atoms with E-state index in [2.05, 4.69) is 10.6 Å². The molecule has 0 aromatic heterocycles. The molecule has 5 rings (SSSR count). The highest BCUT2D eigenvalue weighted by molar-refractivity contribution is 6.32. The lowest BCUT2D eigenvalue weighted by Crippen LogP contribution is -2.51. The maximum absolute atomic E-state index is 14.0. The summed E-state index contributed by atoms with van der Waals surface area (Å²) < 4.78 is 23.3. The minimum atomic E-state index is -1.16. The van der Waals surface area contributed by atoms with Gasteiger partial charge in [-0.2, -0.15) is 0 Å². The maximum atomic E-state index is 14.0. The Bertz CT molecular complexity index is 1720. The fraction of sp³-hybridized carbons (Fsp3) is 0.415. The second-order valence-electron chi connectivity index (χ2n) is 13.8. The second kappa shape index (κ2) is 18.2. The van der Waals surface area contributed by atoms with Crippen molar-refractivity contribution in [2.24, 2.45) is 11.8 Å². The predicted molar refractivity (Wildman–Crippen MR) is 197 cm³/mol. The van der Waals surface area contributed by atoms with Crippen LogP contribution in [-0.2, 0) is 46.2 Å². The number of hydrogen-bond donors (Lipinski definition) is 2. The summed E-state index contributed by atoms with van der Waals surface area (Å²) in [6, 6.07) is 22.6. The number of rotatable bonds is 10. The molecule has 276 valence electrons. The Morgan fingerprint density at radius 1 is 0.865 bits per heavy atom. The smallest absolute Gasteiger partial charge is 0.347 e. The molecule has 0 aliphatic carbocycles. The molecule has 7 atom stereocenters. The largest absolute Gasteiger partial charge is 0.495 e. The lowest BCUT2D eigenvalue weighted by molar-refractivity contribution is -0.174. The summed E-state index contributed by atoms with van der Waals surface area (Å²) in [4.78, 5) is 54.6. The molecule has 10 nitrogen and oxygen atoms in total. The van der Waals surface area contributed by atoms with Gasteiger partial charge in [-0.25, -0.2) is 4.79 Å². The van der Waals surface area contributed by atoms with Gasteiger partial charge in [-0.15, -0.1) is 0 Å². The fourth-order valence-electron chi connectivity index (χ4n) is 6.46. The van der Waals surface area contributed by atoms with Crippen LogP contribution in [0.15, 0.2) is 91.0 Å². The van der Waals surface area contributed by atoms with E-state index in [1.54, 1.807) is 24.3 Å². The van der Waals surface area contributed by atoms with E-state index in [-0.39, 0.29) is 49.7 Å². The highest BCUT2D eigenvalue weighted by Gasteiger charge is 2.47. The van der Waals surface area contributed by atoms with Crippen LogP contribution in [0.4, 0.5) is 0 Å². The second-order valence-corrected chi connectivity index (χ2v) is 14.3. The molecule has 0 spiro atoms. The third-order valence-corrected chi connectivity index (χ3v) is 9.55.